The standard InChI is InChI=1S/C13H13BrN2O3S/c14-8-1-2-10-9(7-8)16-12(20-10)4-3-11(17)15-6-5-13(18)19/h1-2,7H,3-6H2,(H,15,17)(H,18,19). The molecule has 20 heavy (non-hydrogen) atoms. The van der Waals surface area contributed by atoms with E-state index < -0.39 is 5.97 Å². The number of rotatable bonds is 6. The summed E-state index contributed by atoms with van der Waals surface area (Å²) in [7, 11) is 0. The van der Waals surface area contributed by atoms with Gasteiger partial charge in [0, 0.05) is 23.9 Å². The van der Waals surface area contributed by atoms with E-state index in [1.807, 2.05) is 18.2 Å². The first kappa shape index (κ1) is 14.9. The SMILES string of the molecule is O=C(O)CCNC(=O)CCc1nc2cc(Br)ccc2s1. The van der Waals surface area contributed by atoms with Gasteiger partial charge in [-0.2, -0.15) is 0 Å². The third kappa shape index (κ3) is 4.28. The fourth-order valence-corrected chi connectivity index (χ4v) is 2.97. The number of carboxylic acids is 1. The van der Waals surface area contributed by atoms with Gasteiger partial charge in [0.25, 0.3) is 0 Å². The zero-order chi connectivity index (χ0) is 14.5. The number of hydrogen-bond donors (Lipinski definition) is 2. The van der Waals surface area contributed by atoms with E-state index in [0.29, 0.717) is 12.8 Å². The lowest BCUT2D eigenvalue weighted by Crippen LogP contribution is -2.26. The first-order valence-corrected chi connectivity index (χ1v) is 7.69. The molecule has 5 nitrogen and oxygen atoms in total. The Kier molecular flexibility index (Phi) is 5.08. The number of aryl methyl sites for hydroxylation is 1. The number of amides is 1. The maximum Gasteiger partial charge on any atom is 0.305 e. The molecular weight excluding hydrogens is 344 g/mol. The number of aliphatic carboxylic acids is 1. The molecule has 1 amide bonds. The summed E-state index contributed by atoms with van der Waals surface area (Å²) in [5.74, 6) is -1.06. The Morgan fingerprint density at radius 1 is 1.35 bits per heavy atom. The van der Waals surface area contributed by atoms with Crippen LogP contribution in [0.3, 0.4) is 0 Å². The van der Waals surface area contributed by atoms with Crippen molar-refractivity contribution in [3.05, 3.63) is 27.7 Å². The van der Waals surface area contributed by atoms with E-state index in [1.165, 1.54) is 0 Å². The summed E-state index contributed by atoms with van der Waals surface area (Å²) in [5.41, 5.74) is 0.922. The number of fused-ring (bicyclic) bond motifs is 1. The quantitative estimate of drug-likeness (QED) is 0.833. The van der Waals surface area contributed by atoms with Crippen LogP contribution in [-0.4, -0.2) is 28.5 Å². The third-order valence-corrected chi connectivity index (χ3v) is 4.21. The van der Waals surface area contributed by atoms with Crippen molar-refractivity contribution in [3.8, 4) is 0 Å². The van der Waals surface area contributed by atoms with Crippen molar-refractivity contribution >= 4 is 49.4 Å². The number of carboxylic acid groups (broad SMARTS) is 1. The number of aromatic nitrogens is 1. The molecule has 7 heteroatoms. The van der Waals surface area contributed by atoms with E-state index in [0.717, 1.165) is 19.7 Å². The van der Waals surface area contributed by atoms with Crippen molar-refractivity contribution in [2.75, 3.05) is 6.54 Å². The Balaban J connectivity index is 1.86. The van der Waals surface area contributed by atoms with Gasteiger partial charge >= 0.3 is 5.97 Å². The average Bonchev–Trinajstić information content (AvgIpc) is 2.77. The van der Waals surface area contributed by atoms with Gasteiger partial charge in [-0.25, -0.2) is 4.98 Å². The highest BCUT2D eigenvalue weighted by atomic mass is 79.9. The molecule has 2 N–H and O–H groups in total. The zero-order valence-corrected chi connectivity index (χ0v) is 13.0. The first-order valence-electron chi connectivity index (χ1n) is 6.08. The summed E-state index contributed by atoms with van der Waals surface area (Å²) in [6.45, 7) is 0.168. The van der Waals surface area contributed by atoms with Crippen LogP contribution in [0.5, 0.6) is 0 Å². The van der Waals surface area contributed by atoms with E-state index >= 15 is 0 Å². The topological polar surface area (TPSA) is 79.3 Å². The predicted molar refractivity (Wildman–Crippen MR) is 80.9 cm³/mol. The molecule has 2 aromatic rings. The Morgan fingerprint density at radius 2 is 2.15 bits per heavy atom. The largest absolute Gasteiger partial charge is 0.481 e. The van der Waals surface area contributed by atoms with Crippen molar-refractivity contribution in [3.63, 3.8) is 0 Å². The van der Waals surface area contributed by atoms with Gasteiger partial charge in [0.05, 0.1) is 21.6 Å². The number of carbonyl (C=O) groups is 2. The monoisotopic (exact) mass is 356 g/mol. The summed E-state index contributed by atoms with van der Waals surface area (Å²) >= 11 is 4.97. The fourth-order valence-electron chi connectivity index (χ4n) is 1.67. The molecule has 1 heterocycles. The number of carbonyl (C=O) groups excluding carboxylic acids is 1. The van der Waals surface area contributed by atoms with E-state index in [9.17, 15) is 9.59 Å². The van der Waals surface area contributed by atoms with E-state index in [4.69, 9.17) is 5.11 Å². The normalized spacial score (nSPS) is 10.7. The number of hydrogen-bond acceptors (Lipinski definition) is 4. The van der Waals surface area contributed by atoms with Crippen molar-refractivity contribution in [2.45, 2.75) is 19.3 Å². The van der Waals surface area contributed by atoms with Gasteiger partial charge in [0.2, 0.25) is 5.91 Å². The molecule has 2 rings (SSSR count). The van der Waals surface area contributed by atoms with Crippen molar-refractivity contribution < 1.29 is 14.7 Å². The lowest BCUT2D eigenvalue weighted by atomic mass is 10.3. The summed E-state index contributed by atoms with van der Waals surface area (Å²) in [6.07, 6.45) is 0.831. The van der Waals surface area contributed by atoms with Crippen LogP contribution in [0.15, 0.2) is 22.7 Å². The van der Waals surface area contributed by atoms with Crippen LogP contribution in [0.2, 0.25) is 0 Å². The van der Waals surface area contributed by atoms with Crippen LogP contribution in [0, 0.1) is 0 Å². The fraction of sp³-hybridized carbons (Fsp3) is 0.308. The van der Waals surface area contributed by atoms with E-state index in [1.54, 1.807) is 11.3 Å². The molecule has 0 fully saturated rings. The summed E-state index contributed by atoms with van der Waals surface area (Å²) in [5, 5.41) is 12.0. The molecule has 0 saturated carbocycles. The molecule has 0 unspecified atom stereocenters. The summed E-state index contributed by atoms with van der Waals surface area (Å²) < 4.78 is 2.07. The van der Waals surface area contributed by atoms with Crippen molar-refractivity contribution in [1.82, 2.24) is 10.3 Å². The minimum atomic E-state index is -0.915. The van der Waals surface area contributed by atoms with Gasteiger partial charge in [-0.3, -0.25) is 9.59 Å². The molecule has 0 aliphatic heterocycles. The van der Waals surface area contributed by atoms with Gasteiger partial charge in [0.15, 0.2) is 0 Å². The maximum absolute atomic E-state index is 11.5. The lowest BCUT2D eigenvalue weighted by molar-refractivity contribution is -0.136. The van der Waals surface area contributed by atoms with Gasteiger partial charge in [-0.15, -0.1) is 11.3 Å². The Hall–Kier alpha value is -1.47. The van der Waals surface area contributed by atoms with Crippen LogP contribution in [0.4, 0.5) is 0 Å². The smallest absolute Gasteiger partial charge is 0.305 e. The number of nitrogens with one attached hydrogen (secondary N) is 1. The molecule has 0 atom stereocenters. The predicted octanol–water partition coefficient (Wildman–Crippen LogP) is 2.58. The minimum Gasteiger partial charge on any atom is -0.481 e. The Labute approximate surface area is 128 Å². The molecule has 0 aliphatic carbocycles. The highest BCUT2D eigenvalue weighted by Gasteiger charge is 2.07. The second-order valence-electron chi connectivity index (χ2n) is 4.21. The van der Waals surface area contributed by atoms with Crippen LogP contribution in [0.1, 0.15) is 17.8 Å². The summed E-state index contributed by atoms with van der Waals surface area (Å²) in [4.78, 5) is 26.3. The number of halogens is 1. The third-order valence-electron chi connectivity index (χ3n) is 2.62. The lowest BCUT2D eigenvalue weighted by Gasteiger charge is -2.01. The van der Waals surface area contributed by atoms with Crippen LogP contribution < -0.4 is 5.32 Å². The van der Waals surface area contributed by atoms with Crippen LogP contribution >= 0.6 is 27.3 Å². The van der Waals surface area contributed by atoms with Crippen LogP contribution in [0.25, 0.3) is 10.2 Å². The van der Waals surface area contributed by atoms with Gasteiger partial charge < -0.3 is 10.4 Å². The number of benzene rings is 1. The van der Waals surface area contributed by atoms with Gasteiger partial charge in [-0.05, 0) is 18.2 Å². The second kappa shape index (κ2) is 6.81. The molecule has 0 bridgehead atoms. The van der Waals surface area contributed by atoms with E-state index in [2.05, 4.69) is 26.2 Å². The minimum absolute atomic E-state index is 0.0547. The van der Waals surface area contributed by atoms with Gasteiger partial charge in [0.1, 0.15) is 0 Å². The molecule has 1 aromatic heterocycles. The molecule has 0 aliphatic rings. The molecule has 0 radical (unpaired) electrons. The average molecular weight is 357 g/mol. The Morgan fingerprint density at radius 3 is 2.90 bits per heavy atom. The molecule has 1 aromatic carbocycles. The highest BCUT2D eigenvalue weighted by molar-refractivity contribution is 9.10. The summed E-state index contributed by atoms with van der Waals surface area (Å²) in [6, 6.07) is 5.90. The molecule has 106 valence electrons. The van der Waals surface area contributed by atoms with Crippen molar-refractivity contribution in [2.24, 2.45) is 0 Å². The number of thiazole rings is 1. The highest BCUT2D eigenvalue weighted by Crippen LogP contribution is 2.25. The zero-order valence-electron chi connectivity index (χ0n) is 10.6. The Bertz CT molecular complexity index is 642. The van der Waals surface area contributed by atoms with Crippen molar-refractivity contribution in [1.29, 1.82) is 0 Å². The maximum atomic E-state index is 11.5. The molecule has 0 saturated heterocycles. The second-order valence-corrected chi connectivity index (χ2v) is 6.24. The number of nitrogens with zero attached hydrogens (tertiary/aromatic N) is 1. The molecular formula is C13H13BrN2O3S. The molecule has 0 spiro atoms. The first-order chi connectivity index (χ1) is 9.54. The van der Waals surface area contributed by atoms with E-state index in [-0.39, 0.29) is 18.9 Å². The van der Waals surface area contributed by atoms with Crippen LogP contribution in [-0.2, 0) is 16.0 Å². The van der Waals surface area contributed by atoms with Gasteiger partial charge in [-0.1, -0.05) is 15.9 Å².